The van der Waals surface area contributed by atoms with Crippen molar-refractivity contribution in [2.75, 3.05) is 46.9 Å². The summed E-state index contributed by atoms with van der Waals surface area (Å²) < 4.78 is 21.3. The smallest absolute Gasteiger partial charge is 0.173 e. The number of benzene rings is 1. The summed E-state index contributed by atoms with van der Waals surface area (Å²) in [6.45, 7) is 4.59. The Kier molecular flexibility index (Phi) is 5.49. The molecule has 3 rings (SSSR count). The van der Waals surface area contributed by atoms with Crippen LogP contribution >= 0.6 is 0 Å². The highest BCUT2D eigenvalue weighted by Crippen LogP contribution is 2.29. The summed E-state index contributed by atoms with van der Waals surface area (Å²) in [4.78, 5) is 4.51. The zero-order chi connectivity index (χ0) is 16.9. The fourth-order valence-corrected chi connectivity index (χ4v) is 3.02. The van der Waals surface area contributed by atoms with Crippen molar-refractivity contribution in [3.05, 3.63) is 41.5 Å². The molecule has 1 aliphatic rings. The Hall–Kier alpha value is -1.90. The molecule has 0 unspecified atom stereocenters. The number of piperazine rings is 1. The topological polar surface area (TPSA) is 59.3 Å². The Bertz CT molecular complexity index is 656. The van der Waals surface area contributed by atoms with Gasteiger partial charge in [0.15, 0.2) is 5.82 Å². The number of hydrogen-bond donors (Lipinski definition) is 0. The number of nitrogens with zero attached hydrogens (tertiary/aromatic N) is 6. The van der Waals surface area contributed by atoms with Crippen molar-refractivity contribution in [3.63, 3.8) is 0 Å². The predicted octanol–water partition coefficient (Wildman–Crippen LogP) is 0.795. The lowest BCUT2D eigenvalue weighted by atomic mass is 10.0. The minimum Gasteiger partial charge on any atom is -0.383 e. The van der Waals surface area contributed by atoms with Crippen LogP contribution in [0.2, 0.25) is 0 Å². The van der Waals surface area contributed by atoms with E-state index in [1.807, 2.05) is 12.1 Å². The minimum absolute atomic E-state index is 0.234. The molecule has 0 spiro atoms. The molecule has 0 radical (unpaired) electrons. The van der Waals surface area contributed by atoms with E-state index in [0.29, 0.717) is 24.5 Å². The molecule has 1 saturated heterocycles. The van der Waals surface area contributed by atoms with E-state index in [4.69, 9.17) is 4.74 Å². The maximum Gasteiger partial charge on any atom is 0.173 e. The molecule has 0 amide bonds. The van der Waals surface area contributed by atoms with E-state index in [2.05, 4.69) is 32.4 Å². The lowest BCUT2D eigenvalue weighted by Crippen LogP contribution is -2.47. The van der Waals surface area contributed by atoms with Crippen LogP contribution in [0, 0.1) is 5.82 Å². The number of rotatable bonds is 6. The van der Waals surface area contributed by atoms with Crippen LogP contribution in [-0.2, 0) is 11.3 Å². The van der Waals surface area contributed by atoms with Gasteiger partial charge in [-0.05, 0) is 23.5 Å². The van der Waals surface area contributed by atoms with Crippen molar-refractivity contribution in [1.82, 2.24) is 30.0 Å². The summed E-state index contributed by atoms with van der Waals surface area (Å²) in [5, 5.41) is 12.1. The largest absolute Gasteiger partial charge is 0.383 e. The molecule has 2 heterocycles. The van der Waals surface area contributed by atoms with Gasteiger partial charge in [0.25, 0.3) is 0 Å². The summed E-state index contributed by atoms with van der Waals surface area (Å²) in [5.74, 6) is 0.421. The van der Waals surface area contributed by atoms with Gasteiger partial charge in [0.05, 0.1) is 13.2 Å². The van der Waals surface area contributed by atoms with Crippen LogP contribution in [0.1, 0.15) is 17.4 Å². The Labute approximate surface area is 141 Å². The predicted molar refractivity (Wildman–Crippen MR) is 87.0 cm³/mol. The van der Waals surface area contributed by atoms with Crippen molar-refractivity contribution in [2.24, 2.45) is 0 Å². The Morgan fingerprint density at radius 3 is 2.67 bits per heavy atom. The normalized spacial score (nSPS) is 18.0. The minimum atomic E-state index is -0.299. The molecule has 130 valence electrons. The molecule has 2 aromatic rings. The molecule has 24 heavy (non-hydrogen) atoms. The lowest BCUT2D eigenvalue weighted by molar-refractivity contribution is 0.118. The van der Waals surface area contributed by atoms with Crippen LogP contribution in [0.3, 0.4) is 0 Å². The quantitative estimate of drug-likeness (QED) is 0.779. The second kappa shape index (κ2) is 7.78. The van der Waals surface area contributed by atoms with Gasteiger partial charge in [-0.3, -0.25) is 4.90 Å². The van der Waals surface area contributed by atoms with Gasteiger partial charge in [-0.15, -0.1) is 5.10 Å². The molecule has 7 nitrogen and oxygen atoms in total. The van der Waals surface area contributed by atoms with Crippen LogP contribution in [0.4, 0.5) is 4.39 Å². The van der Waals surface area contributed by atoms with Crippen molar-refractivity contribution >= 4 is 0 Å². The van der Waals surface area contributed by atoms with Crippen LogP contribution in [0.5, 0.6) is 0 Å². The average Bonchev–Trinajstić information content (AvgIpc) is 3.05. The van der Waals surface area contributed by atoms with E-state index in [9.17, 15) is 4.39 Å². The van der Waals surface area contributed by atoms with E-state index in [1.165, 1.54) is 6.07 Å². The zero-order valence-electron chi connectivity index (χ0n) is 14.1. The van der Waals surface area contributed by atoms with E-state index in [1.54, 1.807) is 17.9 Å². The summed E-state index contributed by atoms with van der Waals surface area (Å²) >= 11 is 0. The van der Waals surface area contributed by atoms with Crippen molar-refractivity contribution < 1.29 is 9.13 Å². The summed E-state index contributed by atoms with van der Waals surface area (Å²) in [6.07, 6.45) is 0. The molecule has 1 aromatic carbocycles. The van der Waals surface area contributed by atoms with Gasteiger partial charge < -0.3 is 9.64 Å². The van der Waals surface area contributed by atoms with Gasteiger partial charge in [0.1, 0.15) is 11.9 Å². The molecule has 0 aliphatic carbocycles. The molecule has 1 atom stereocenters. The fourth-order valence-electron chi connectivity index (χ4n) is 3.02. The third-order valence-electron chi connectivity index (χ3n) is 4.41. The van der Waals surface area contributed by atoms with Crippen LogP contribution < -0.4 is 0 Å². The monoisotopic (exact) mass is 334 g/mol. The van der Waals surface area contributed by atoms with Gasteiger partial charge in [-0.1, -0.05) is 18.2 Å². The molecule has 0 bridgehead atoms. The highest BCUT2D eigenvalue weighted by atomic mass is 19.1. The molecular formula is C16H23FN6O. The Morgan fingerprint density at radius 1 is 1.21 bits per heavy atom. The molecule has 1 aliphatic heterocycles. The highest BCUT2D eigenvalue weighted by molar-refractivity contribution is 5.26. The number of halogens is 1. The van der Waals surface area contributed by atoms with Gasteiger partial charge in [-0.2, -0.15) is 0 Å². The zero-order valence-corrected chi connectivity index (χ0v) is 14.1. The molecule has 8 heteroatoms. The summed E-state index contributed by atoms with van der Waals surface area (Å²) in [6, 6.07) is 6.56. The molecule has 1 fully saturated rings. The van der Waals surface area contributed by atoms with E-state index < -0.39 is 0 Å². The summed E-state index contributed by atoms with van der Waals surface area (Å²) in [7, 11) is 3.73. The van der Waals surface area contributed by atoms with Gasteiger partial charge in [-0.25, -0.2) is 9.07 Å². The van der Waals surface area contributed by atoms with Crippen molar-refractivity contribution in [3.8, 4) is 0 Å². The molecule has 0 saturated carbocycles. The SMILES string of the molecule is COCCn1nnnc1[C@@H](c1ccccc1F)N1CCN(C)CC1. The highest BCUT2D eigenvalue weighted by Gasteiger charge is 2.31. The van der Waals surface area contributed by atoms with Crippen LogP contribution in [0.15, 0.2) is 24.3 Å². The fraction of sp³-hybridized carbons (Fsp3) is 0.562. The lowest BCUT2D eigenvalue weighted by Gasteiger charge is -2.37. The molecular weight excluding hydrogens is 311 g/mol. The maximum atomic E-state index is 14.5. The van der Waals surface area contributed by atoms with Gasteiger partial charge >= 0.3 is 0 Å². The molecule has 0 N–H and O–H groups in total. The third kappa shape index (κ3) is 3.61. The van der Waals surface area contributed by atoms with Gasteiger partial charge in [0.2, 0.25) is 0 Å². The second-order valence-corrected chi connectivity index (χ2v) is 6.02. The number of tetrazole rings is 1. The first-order chi connectivity index (χ1) is 11.7. The number of hydrogen-bond acceptors (Lipinski definition) is 6. The second-order valence-electron chi connectivity index (χ2n) is 6.02. The standard InChI is InChI=1S/C16H23FN6O/c1-21-7-9-22(10-8-21)15(13-5-3-4-6-14(13)17)16-18-19-20-23(16)11-12-24-2/h3-6,15H,7-12H2,1-2H3/t15-/m1/s1. The van der Waals surface area contributed by atoms with Crippen molar-refractivity contribution in [1.29, 1.82) is 0 Å². The number of ether oxygens (including phenoxy) is 1. The number of likely N-dealkylation sites (N-methyl/N-ethyl adjacent to an activating group) is 1. The van der Waals surface area contributed by atoms with Crippen LogP contribution in [-0.4, -0.2) is 77.0 Å². The maximum absolute atomic E-state index is 14.5. The van der Waals surface area contributed by atoms with Crippen LogP contribution in [0.25, 0.3) is 0 Å². The summed E-state index contributed by atoms with van der Waals surface area (Å²) in [5.41, 5.74) is 0.607. The van der Waals surface area contributed by atoms with E-state index in [-0.39, 0.29) is 11.9 Å². The third-order valence-corrected chi connectivity index (χ3v) is 4.41. The van der Waals surface area contributed by atoms with Crippen molar-refractivity contribution in [2.45, 2.75) is 12.6 Å². The first kappa shape index (κ1) is 16.9. The van der Waals surface area contributed by atoms with E-state index >= 15 is 0 Å². The van der Waals surface area contributed by atoms with E-state index in [0.717, 1.165) is 26.2 Å². The molecule has 1 aromatic heterocycles. The van der Waals surface area contributed by atoms with Gasteiger partial charge in [0, 0.05) is 38.9 Å². The average molecular weight is 334 g/mol. The number of methoxy groups -OCH3 is 1. The Balaban J connectivity index is 1.96. The number of aromatic nitrogens is 4. The first-order valence-corrected chi connectivity index (χ1v) is 8.12. The first-order valence-electron chi connectivity index (χ1n) is 8.12. The Morgan fingerprint density at radius 2 is 1.96 bits per heavy atom.